The van der Waals surface area contributed by atoms with Gasteiger partial charge >= 0.3 is 0 Å². The molecule has 3 N–H and O–H groups in total. The Morgan fingerprint density at radius 2 is 0.950 bits per heavy atom. The fraction of sp³-hybridized carbons (Fsp3) is 0.912. The van der Waals surface area contributed by atoms with Gasteiger partial charge in [0.25, 0.3) is 0 Å². The first-order chi connectivity index (χ1) is 19.5. The van der Waals surface area contributed by atoms with Crippen LogP contribution in [0.15, 0.2) is 0 Å². The van der Waals surface area contributed by atoms with E-state index < -0.39 is 6.04 Å². The topological polar surface area (TPSA) is 92.5 Å². The molecule has 0 aliphatic heterocycles. The normalized spacial score (nSPS) is 11.9. The summed E-state index contributed by atoms with van der Waals surface area (Å²) in [5.74, 6) is -0.532. The van der Waals surface area contributed by atoms with E-state index in [1.807, 2.05) is 0 Å². The Labute approximate surface area is 248 Å². The summed E-state index contributed by atoms with van der Waals surface area (Å²) in [6, 6.07) is -0.721. The molecule has 6 nitrogen and oxygen atoms in total. The lowest BCUT2D eigenvalue weighted by molar-refractivity contribution is -0.152. The highest BCUT2D eigenvalue weighted by Gasteiger charge is 2.33. The summed E-state index contributed by atoms with van der Waals surface area (Å²) in [7, 11) is 0. The van der Waals surface area contributed by atoms with Gasteiger partial charge < -0.3 is 11.1 Å². The van der Waals surface area contributed by atoms with Crippen molar-refractivity contribution in [1.29, 1.82) is 0 Å². The number of amides is 3. The van der Waals surface area contributed by atoms with Crippen LogP contribution in [-0.2, 0) is 14.4 Å². The number of imide groups is 1. The van der Waals surface area contributed by atoms with Crippen molar-refractivity contribution in [2.75, 3.05) is 13.1 Å². The number of unbranched alkanes of at least 4 members (excludes halogenated alkanes) is 18. The third-order valence-corrected chi connectivity index (χ3v) is 7.90. The van der Waals surface area contributed by atoms with Crippen molar-refractivity contribution in [3.63, 3.8) is 0 Å². The molecule has 236 valence electrons. The number of hydrogen-bond donors (Lipinski definition) is 2. The predicted molar refractivity (Wildman–Crippen MR) is 170 cm³/mol. The standard InChI is InChI=1S/C34H67N3O3/c1-4-7-10-13-14-15-16-17-20-25-30-36-34(40)31(26-23-24-29-35)37(32(38)27-21-18-11-8-5-2)33(39)28-22-19-12-9-6-3/h31H,4-30,35H2,1-3H3,(H,36,40)/t31-/m0/s1. The molecular weight excluding hydrogens is 498 g/mol. The van der Waals surface area contributed by atoms with Crippen LogP contribution in [0.25, 0.3) is 0 Å². The number of nitrogens with one attached hydrogen (secondary N) is 1. The van der Waals surface area contributed by atoms with Gasteiger partial charge in [0.2, 0.25) is 17.7 Å². The molecule has 40 heavy (non-hydrogen) atoms. The zero-order chi connectivity index (χ0) is 29.7. The molecular formula is C34H67N3O3. The quantitative estimate of drug-likeness (QED) is 0.0888. The van der Waals surface area contributed by atoms with E-state index in [-0.39, 0.29) is 17.7 Å². The second-order valence-corrected chi connectivity index (χ2v) is 11.8. The Balaban J connectivity index is 4.99. The Kier molecular flexibility index (Phi) is 28.0. The summed E-state index contributed by atoms with van der Waals surface area (Å²) in [6.45, 7) is 7.74. The first kappa shape index (κ1) is 38.6. The summed E-state index contributed by atoms with van der Waals surface area (Å²) in [4.78, 5) is 41.5. The van der Waals surface area contributed by atoms with E-state index in [4.69, 9.17) is 5.73 Å². The summed E-state index contributed by atoms with van der Waals surface area (Å²) in [5.41, 5.74) is 5.73. The number of carbonyl (C=O) groups is 3. The summed E-state index contributed by atoms with van der Waals surface area (Å²) in [5, 5.41) is 3.08. The monoisotopic (exact) mass is 566 g/mol. The van der Waals surface area contributed by atoms with Gasteiger partial charge in [-0.1, -0.05) is 130 Å². The van der Waals surface area contributed by atoms with Gasteiger partial charge in [-0.15, -0.1) is 0 Å². The molecule has 0 heterocycles. The molecule has 0 saturated carbocycles. The van der Waals surface area contributed by atoms with Crippen LogP contribution in [0.4, 0.5) is 0 Å². The maximum Gasteiger partial charge on any atom is 0.243 e. The Morgan fingerprint density at radius 3 is 1.38 bits per heavy atom. The highest BCUT2D eigenvalue weighted by molar-refractivity contribution is 6.00. The largest absolute Gasteiger partial charge is 0.354 e. The fourth-order valence-electron chi connectivity index (χ4n) is 5.29. The highest BCUT2D eigenvalue weighted by atomic mass is 16.2. The van der Waals surface area contributed by atoms with Gasteiger partial charge in [-0.25, -0.2) is 0 Å². The number of nitrogens with two attached hydrogens (primary N) is 1. The van der Waals surface area contributed by atoms with E-state index in [1.165, 1.54) is 56.3 Å². The molecule has 0 rings (SSSR count). The zero-order valence-corrected chi connectivity index (χ0v) is 26.9. The number of carbonyl (C=O) groups excluding carboxylic acids is 3. The SMILES string of the molecule is CCCCCCCCCCCCNC(=O)[C@H](CCCCN)N(C(=O)CCCCCCC)C(=O)CCCCCCC. The van der Waals surface area contributed by atoms with Crippen LogP contribution in [0.3, 0.4) is 0 Å². The average Bonchev–Trinajstić information content (AvgIpc) is 2.95. The maximum absolute atomic E-state index is 13.4. The van der Waals surface area contributed by atoms with Crippen molar-refractivity contribution in [3.05, 3.63) is 0 Å². The average molecular weight is 566 g/mol. The highest BCUT2D eigenvalue weighted by Crippen LogP contribution is 2.18. The first-order valence-electron chi connectivity index (χ1n) is 17.4. The summed E-state index contributed by atoms with van der Waals surface area (Å²) in [6.07, 6.45) is 25.5. The minimum absolute atomic E-state index is 0.174. The van der Waals surface area contributed by atoms with Gasteiger partial charge in [-0.3, -0.25) is 19.3 Å². The zero-order valence-electron chi connectivity index (χ0n) is 26.9. The van der Waals surface area contributed by atoms with Crippen LogP contribution in [-0.4, -0.2) is 41.8 Å². The van der Waals surface area contributed by atoms with Gasteiger partial charge in [0.1, 0.15) is 6.04 Å². The van der Waals surface area contributed by atoms with Gasteiger partial charge in [-0.05, 0) is 45.1 Å². The van der Waals surface area contributed by atoms with Crippen molar-refractivity contribution in [1.82, 2.24) is 10.2 Å². The Bertz CT molecular complexity index is 585. The molecule has 0 aliphatic carbocycles. The van der Waals surface area contributed by atoms with Crippen molar-refractivity contribution >= 4 is 17.7 Å². The second kappa shape index (κ2) is 29.1. The maximum atomic E-state index is 13.4. The molecule has 0 radical (unpaired) electrons. The smallest absolute Gasteiger partial charge is 0.243 e. The number of nitrogens with zero attached hydrogens (tertiary/aromatic N) is 1. The molecule has 0 aromatic carbocycles. The van der Waals surface area contributed by atoms with Gasteiger partial charge in [-0.2, -0.15) is 0 Å². The van der Waals surface area contributed by atoms with Crippen LogP contribution in [0.5, 0.6) is 0 Å². The van der Waals surface area contributed by atoms with Crippen LogP contribution in [0.2, 0.25) is 0 Å². The third-order valence-electron chi connectivity index (χ3n) is 7.90. The number of rotatable bonds is 29. The molecule has 3 amide bonds. The first-order valence-corrected chi connectivity index (χ1v) is 17.4. The third kappa shape index (κ3) is 21.3. The number of hydrogen-bond acceptors (Lipinski definition) is 4. The van der Waals surface area contributed by atoms with Gasteiger partial charge in [0.15, 0.2) is 0 Å². The second-order valence-electron chi connectivity index (χ2n) is 11.8. The molecule has 0 aromatic rings. The van der Waals surface area contributed by atoms with E-state index in [0.717, 1.165) is 89.9 Å². The predicted octanol–water partition coefficient (Wildman–Crippen LogP) is 8.60. The molecule has 1 atom stereocenters. The lowest BCUT2D eigenvalue weighted by Gasteiger charge is -2.30. The van der Waals surface area contributed by atoms with E-state index in [0.29, 0.717) is 32.4 Å². The lowest BCUT2D eigenvalue weighted by atomic mass is 10.0. The van der Waals surface area contributed by atoms with Gasteiger partial charge in [0, 0.05) is 19.4 Å². The molecule has 6 heteroatoms. The van der Waals surface area contributed by atoms with E-state index in [2.05, 4.69) is 26.1 Å². The molecule has 0 aromatic heterocycles. The molecule has 0 saturated heterocycles. The fourth-order valence-corrected chi connectivity index (χ4v) is 5.29. The Morgan fingerprint density at radius 1 is 0.550 bits per heavy atom. The van der Waals surface area contributed by atoms with Crippen molar-refractivity contribution in [3.8, 4) is 0 Å². The van der Waals surface area contributed by atoms with Gasteiger partial charge in [0.05, 0.1) is 0 Å². The van der Waals surface area contributed by atoms with Crippen LogP contribution < -0.4 is 11.1 Å². The van der Waals surface area contributed by atoms with E-state index >= 15 is 0 Å². The molecule has 0 spiro atoms. The minimum Gasteiger partial charge on any atom is -0.354 e. The van der Waals surface area contributed by atoms with Crippen molar-refractivity contribution in [2.24, 2.45) is 5.73 Å². The lowest BCUT2D eigenvalue weighted by Crippen LogP contribution is -2.52. The molecule has 0 fully saturated rings. The molecule has 0 unspecified atom stereocenters. The van der Waals surface area contributed by atoms with Crippen molar-refractivity contribution < 1.29 is 14.4 Å². The van der Waals surface area contributed by atoms with Crippen LogP contribution in [0.1, 0.15) is 181 Å². The molecule has 0 bridgehead atoms. The molecule has 0 aliphatic rings. The van der Waals surface area contributed by atoms with Crippen molar-refractivity contribution in [2.45, 2.75) is 187 Å². The summed E-state index contributed by atoms with van der Waals surface area (Å²) >= 11 is 0. The van der Waals surface area contributed by atoms with E-state index in [1.54, 1.807) is 0 Å². The minimum atomic E-state index is -0.721. The Hall–Kier alpha value is -1.43. The van der Waals surface area contributed by atoms with Crippen LogP contribution >= 0.6 is 0 Å². The van der Waals surface area contributed by atoms with Crippen LogP contribution in [0, 0.1) is 0 Å². The summed E-state index contributed by atoms with van der Waals surface area (Å²) < 4.78 is 0. The van der Waals surface area contributed by atoms with E-state index in [9.17, 15) is 14.4 Å².